The fraction of sp³-hybridized carbons (Fsp3) is 0.278. The number of aliphatic hydroxyl groups is 1. The minimum Gasteiger partial charge on any atom is -0.490 e. The van der Waals surface area contributed by atoms with Gasteiger partial charge in [-0.1, -0.05) is 46.3 Å². The Morgan fingerprint density at radius 2 is 1.88 bits per heavy atom. The van der Waals surface area contributed by atoms with Crippen LogP contribution in [0.15, 0.2) is 46.9 Å². The minimum absolute atomic E-state index is 0.113. The molecule has 2 aromatic rings. The highest BCUT2D eigenvalue weighted by Crippen LogP contribution is 2.33. The number of amides is 1. The minimum atomic E-state index is -0.219. The quantitative estimate of drug-likeness (QED) is 0.723. The summed E-state index contributed by atoms with van der Waals surface area (Å²) in [5.74, 6) is 0.736. The summed E-state index contributed by atoms with van der Waals surface area (Å²) in [6.45, 7) is 2.55. The highest BCUT2D eigenvalue weighted by Gasteiger charge is 2.12. The van der Waals surface area contributed by atoms with Crippen LogP contribution in [0.1, 0.15) is 18.1 Å². The number of ether oxygens (including phenoxy) is 2. The summed E-state index contributed by atoms with van der Waals surface area (Å²) in [5.41, 5.74) is 1.72. The molecule has 6 heteroatoms. The normalized spacial score (nSPS) is 10.3. The van der Waals surface area contributed by atoms with Crippen molar-refractivity contribution >= 4 is 21.8 Å². The van der Waals surface area contributed by atoms with Crippen LogP contribution in [0, 0.1) is 0 Å². The van der Waals surface area contributed by atoms with Crippen molar-refractivity contribution in [2.24, 2.45) is 0 Å². The fourth-order valence-electron chi connectivity index (χ4n) is 2.07. The Bertz CT molecular complexity index is 676. The third-order valence-corrected chi connectivity index (χ3v) is 4.01. The van der Waals surface area contributed by atoms with Crippen LogP contribution in [-0.4, -0.2) is 24.2 Å². The van der Waals surface area contributed by atoms with Crippen molar-refractivity contribution in [3.05, 3.63) is 58.1 Å². The lowest BCUT2D eigenvalue weighted by molar-refractivity contribution is -0.123. The third-order valence-electron chi connectivity index (χ3n) is 3.27. The van der Waals surface area contributed by atoms with Crippen LogP contribution in [-0.2, 0) is 17.9 Å². The van der Waals surface area contributed by atoms with E-state index in [1.807, 2.05) is 37.3 Å². The van der Waals surface area contributed by atoms with Gasteiger partial charge in [-0.3, -0.25) is 4.79 Å². The molecule has 0 unspecified atom stereocenters. The van der Waals surface area contributed by atoms with E-state index < -0.39 is 0 Å². The molecule has 5 nitrogen and oxygen atoms in total. The lowest BCUT2D eigenvalue weighted by atomic mass is 10.2. The van der Waals surface area contributed by atoms with Gasteiger partial charge >= 0.3 is 0 Å². The summed E-state index contributed by atoms with van der Waals surface area (Å²) >= 11 is 3.36. The van der Waals surface area contributed by atoms with E-state index in [1.165, 1.54) is 0 Å². The molecule has 1 amide bonds. The number of halogens is 1. The fourth-order valence-corrected chi connectivity index (χ4v) is 2.52. The second kappa shape index (κ2) is 9.30. The van der Waals surface area contributed by atoms with Gasteiger partial charge in [0.2, 0.25) is 0 Å². The molecule has 0 bridgehead atoms. The molecule has 0 radical (unpaired) electrons. The molecule has 2 N–H and O–H groups in total. The number of benzene rings is 2. The molecule has 0 saturated carbocycles. The largest absolute Gasteiger partial charge is 0.490 e. The van der Waals surface area contributed by atoms with E-state index in [0.717, 1.165) is 5.56 Å². The van der Waals surface area contributed by atoms with Crippen LogP contribution in [0.3, 0.4) is 0 Å². The van der Waals surface area contributed by atoms with Crippen LogP contribution >= 0.6 is 15.9 Å². The molecule has 0 spiro atoms. The van der Waals surface area contributed by atoms with Crippen molar-refractivity contribution in [3.63, 3.8) is 0 Å². The molecule has 0 heterocycles. The van der Waals surface area contributed by atoms with Crippen molar-refractivity contribution in [2.75, 3.05) is 13.2 Å². The zero-order valence-corrected chi connectivity index (χ0v) is 15.0. The lowest BCUT2D eigenvalue weighted by Gasteiger charge is -2.14. The summed E-state index contributed by atoms with van der Waals surface area (Å²) in [6, 6.07) is 13.1. The van der Waals surface area contributed by atoms with Crippen molar-refractivity contribution in [1.29, 1.82) is 0 Å². The van der Waals surface area contributed by atoms with E-state index >= 15 is 0 Å². The van der Waals surface area contributed by atoms with Crippen LogP contribution in [0.4, 0.5) is 0 Å². The standard InChI is InChI=1S/C18H20BrNO4/c1-2-23-16-8-14(11-21)15(19)9-17(16)24-12-18(22)20-10-13-6-4-3-5-7-13/h3-9,21H,2,10-12H2,1H3,(H,20,22). The second-order valence-corrected chi connectivity index (χ2v) is 5.89. The van der Waals surface area contributed by atoms with Gasteiger partial charge in [0.1, 0.15) is 0 Å². The average Bonchev–Trinajstić information content (AvgIpc) is 2.60. The molecular formula is C18H20BrNO4. The van der Waals surface area contributed by atoms with Gasteiger partial charge < -0.3 is 19.9 Å². The predicted molar refractivity (Wildman–Crippen MR) is 95.0 cm³/mol. The zero-order valence-electron chi connectivity index (χ0n) is 13.4. The Balaban J connectivity index is 1.95. The van der Waals surface area contributed by atoms with Gasteiger partial charge in [0.05, 0.1) is 13.2 Å². The molecule has 0 fully saturated rings. The van der Waals surface area contributed by atoms with Crippen LogP contribution < -0.4 is 14.8 Å². The van der Waals surface area contributed by atoms with Crippen LogP contribution in [0.25, 0.3) is 0 Å². The maximum absolute atomic E-state index is 11.9. The molecule has 0 aliphatic rings. The van der Waals surface area contributed by atoms with Gasteiger partial charge in [0, 0.05) is 11.0 Å². The molecular weight excluding hydrogens is 374 g/mol. The molecule has 0 aliphatic carbocycles. The van der Waals surface area contributed by atoms with Crippen molar-refractivity contribution in [3.8, 4) is 11.5 Å². The maximum atomic E-state index is 11.9. The Morgan fingerprint density at radius 1 is 1.17 bits per heavy atom. The Kier molecular flexibility index (Phi) is 7.08. The molecule has 0 atom stereocenters. The first kappa shape index (κ1) is 18.3. The van der Waals surface area contributed by atoms with E-state index in [9.17, 15) is 9.90 Å². The molecule has 2 rings (SSSR count). The number of aliphatic hydroxyl groups excluding tert-OH is 1. The number of carbonyl (C=O) groups excluding carboxylic acids is 1. The summed E-state index contributed by atoms with van der Waals surface area (Å²) in [4.78, 5) is 11.9. The SMILES string of the molecule is CCOc1cc(CO)c(Br)cc1OCC(=O)NCc1ccccc1. The van der Waals surface area contributed by atoms with Gasteiger partial charge in [0.15, 0.2) is 18.1 Å². The van der Waals surface area contributed by atoms with Gasteiger partial charge in [-0.2, -0.15) is 0 Å². The first-order chi connectivity index (χ1) is 11.6. The van der Waals surface area contributed by atoms with Gasteiger partial charge in [-0.15, -0.1) is 0 Å². The monoisotopic (exact) mass is 393 g/mol. The van der Waals surface area contributed by atoms with E-state index in [2.05, 4.69) is 21.2 Å². The molecule has 128 valence electrons. The molecule has 24 heavy (non-hydrogen) atoms. The van der Waals surface area contributed by atoms with Crippen molar-refractivity contribution in [2.45, 2.75) is 20.1 Å². The average molecular weight is 394 g/mol. The van der Waals surface area contributed by atoms with E-state index in [-0.39, 0.29) is 19.1 Å². The van der Waals surface area contributed by atoms with Crippen molar-refractivity contribution in [1.82, 2.24) is 5.32 Å². The predicted octanol–water partition coefficient (Wildman–Crippen LogP) is 3.04. The first-order valence-electron chi connectivity index (χ1n) is 7.63. The Hall–Kier alpha value is -2.05. The smallest absolute Gasteiger partial charge is 0.258 e. The van der Waals surface area contributed by atoms with Crippen LogP contribution in [0.2, 0.25) is 0 Å². The Morgan fingerprint density at radius 3 is 2.54 bits per heavy atom. The molecule has 0 aliphatic heterocycles. The highest BCUT2D eigenvalue weighted by atomic mass is 79.9. The van der Waals surface area contributed by atoms with E-state index in [0.29, 0.717) is 34.7 Å². The summed E-state index contributed by atoms with van der Waals surface area (Å²) in [6.07, 6.45) is 0. The van der Waals surface area contributed by atoms with Gasteiger partial charge in [-0.05, 0) is 30.2 Å². The number of carbonyl (C=O) groups is 1. The third kappa shape index (κ3) is 5.25. The lowest BCUT2D eigenvalue weighted by Crippen LogP contribution is -2.28. The van der Waals surface area contributed by atoms with Crippen LogP contribution in [0.5, 0.6) is 11.5 Å². The van der Waals surface area contributed by atoms with E-state index in [1.54, 1.807) is 12.1 Å². The maximum Gasteiger partial charge on any atom is 0.258 e. The zero-order chi connectivity index (χ0) is 17.4. The number of hydrogen-bond donors (Lipinski definition) is 2. The Labute approximate surface area is 149 Å². The highest BCUT2D eigenvalue weighted by molar-refractivity contribution is 9.10. The topological polar surface area (TPSA) is 67.8 Å². The van der Waals surface area contributed by atoms with E-state index in [4.69, 9.17) is 9.47 Å². The number of nitrogens with one attached hydrogen (secondary N) is 1. The summed E-state index contributed by atoms with van der Waals surface area (Å²) in [7, 11) is 0. The number of rotatable bonds is 8. The molecule has 0 saturated heterocycles. The first-order valence-corrected chi connectivity index (χ1v) is 8.42. The summed E-state index contributed by atoms with van der Waals surface area (Å²) in [5, 5.41) is 12.1. The second-order valence-electron chi connectivity index (χ2n) is 5.03. The van der Waals surface area contributed by atoms with Crippen molar-refractivity contribution < 1.29 is 19.4 Å². The number of hydrogen-bond acceptors (Lipinski definition) is 4. The van der Waals surface area contributed by atoms with Gasteiger partial charge in [-0.25, -0.2) is 0 Å². The molecule has 2 aromatic carbocycles. The molecule has 0 aromatic heterocycles. The summed E-state index contributed by atoms with van der Waals surface area (Å²) < 4.78 is 11.8. The van der Waals surface area contributed by atoms with Gasteiger partial charge in [0.25, 0.3) is 5.91 Å².